The first-order valence-electron chi connectivity index (χ1n) is 7.79. The van der Waals surface area contributed by atoms with Gasteiger partial charge in [-0.05, 0) is 43.9 Å². The highest BCUT2D eigenvalue weighted by Gasteiger charge is 2.43. The van der Waals surface area contributed by atoms with Crippen LogP contribution >= 0.6 is 11.6 Å². The second-order valence-corrected chi connectivity index (χ2v) is 7.11. The van der Waals surface area contributed by atoms with Crippen molar-refractivity contribution in [2.75, 3.05) is 0 Å². The number of aromatic nitrogens is 2. The van der Waals surface area contributed by atoms with E-state index in [4.69, 9.17) is 11.6 Å². The van der Waals surface area contributed by atoms with Crippen molar-refractivity contribution in [1.82, 2.24) is 15.1 Å². The molecule has 23 heavy (non-hydrogen) atoms. The molecule has 2 bridgehead atoms. The fourth-order valence-electron chi connectivity index (χ4n) is 4.24. The molecule has 1 N–H and O–H groups in total. The molecular weight excluding hydrogens is 331 g/mol. The van der Waals surface area contributed by atoms with Crippen LogP contribution in [0, 0.1) is 17.8 Å². The van der Waals surface area contributed by atoms with Gasteiger partial charge in [-0.15, -0.1) is 0 Å². The molecule has 2 aliphatic carbocycles. The van der Waals surface area contributed by atoms with Crippen LogP contribution in [-0.2, 0) is 13.2 Å². The van der Waals surface area contributed by atoms with Crippen LogP contribution in [0.3, 0.4) is 0 Å². The summed E-state index contributed by atoms with van der Waals surface area (Å²) in [6, 6.07) is -0.0924. The maximum atomic E-state index is 12.9. The number of rotatable bonds is 3. The molecule has 0 radical (unpaired) electrons. The molecule has 4 atom stereocenters. The number of hydrogen-bond donors (Lipinski definition) is 1. The van der Waals surface area contributed by atoms with Gasteiger partial charge in [0, 0.05) is 13.1 Å². The highest BCUT2D eigenvalue weighted by atomic mass is 35.5. The molecule has 128 valence electrons. The zero-order valence-electron chi connectivity index (χ0n) is 13.0. The largest absolute Gasteiger partial charge is 0.434 e. The molecule has 1 heterocycles. The molecule has 0 aromatic carbocycles. The predicted molar refractivity (Wildman–Crippen MR) is 79.1 cm³/mol. The molecule has 3 rings (SSSR count). The zero-order chi connectivity index (χ0) is 16.9. The number of fused-ring (bicyclic) bond motifs is 2. The summed E-state index contributed by atoms with van der Waals surface area (Å²) in [5, 5.41) is 5.81. The summed E-state index contributed by atoms with van der Waals surface area (Å²) in [5.41, 5.74) is -1.46. The summed E-state index contributed by atoms with van der Waals surface area (Å²) in [6.45, 7) is 1.91. The Bertz CT molecular complexity index is 628. The zero-order valence-corrected chi connectivity index (χ0v) is 13.7. The Kier molecular flexibility index (Phi) is 4.11. The molecule has 8 heteroatoms. The van der Waals surface area contributed by atoms with Crippen molar-refractivity contribution >= 4 is 17.5 Å². The lowest BCUT2D eigenvalue weighted by atomic mass is 9.84. The number of aryl methyl sites for hydroxylation is 1. The summed E-state index contributed by atoms with van der Waals surface area (Å²) in [6.07, 6.45) is 0.0673. The summed E-state index contributed by atoms with van der Waals surface area (Å²) >= 11 is 5.75. The summed E-state index contributed by atoms with van der Waals surface area (Å²) < 4.78 is 39.4. The van der Waals surface area contributed by atoms with E-state index in [1.165, 1.54) is 19.3 Å². The molecule has 0 unspecified atom stereocenters. The minimum Gasteiger partial charge on any atom is -0.348 e. The molecular formula is C15H19ClF3N3O. The number of halogens is 4. The van der Waals surface area contributed by atoms with Crippen LogP contribution in [0.1, 0.15) is 48.8 Å². The van der Waals surface area contributed by atoms with Gasteiger partial charge in [0.05, 0.1) is 0 Å². The summed E-state index contributed by atoms with van der Waals surface area (Å²) in [5.74, 6) is 1.10. The third kappa shape index (κ3) is 2.95. The number of hydrogen-bond acceptors (Lipinski definition) is 2. The molecule has 2 fully saturated rings. The number of alkyl halides is 3. The minimum atomic E-state index is -4.65. The Morgan fingerprint density at radius 2 is 2.09 bits per heavy atom. The van der Waals surface area contributed by atoms with E-state index in [0.717, 1.165) is 19.4 Å². The van der Waals surface area contributed by atoms with Crippen LogP contribution in [-0.4, -0.2) is 21.7 Å². The van der Waals surface area contributed by atoms with Gasteiger partial charge in [0.25, 0.3) is 5.91 Å². The molecule has 0 aliphatic heterocycles. The van der Waals surface area contributed by atoms with Gasteiger partial charge in [0.15, 0.2) is 11.4 Å². The number of carbonyl (C=O) groups excluding carboxylic acids is 1. The van der Waals surface area contributed by atoms with Crippen LogP contribution in [0.15, 0.2) is 0 Å². The SMILES string of the molecule is C[C@H](NC(=O)c1nn(C)c(C(F)(F)F)c1Cl)[C@H]1C[C@H]2CC[C@H]1C2. The van der Waals surface area contributed by atoms with E-state index >= 15 is 0 Å². The van der Waals surface area contributed by atoms with Gasteiger partial charge in [-0.3, -0.25) is 9.48 Å². The number of nitrogens with zero attached hydrogens (tertiary/aromatic N) is 2. The van der Waals surface area contributed by atoms with Gasteiger partial charge in [0.2, 0.25) is 0 Å². The topological polar surface area (TPSA) is 46.9 Å². The Balaban J connectivity index is 1.74. The number of nitrogens with one attached hydrogen (secondary N) is 1. The third-order valence-electron chi connectivity index (χ3n) is 5.27. The molecule has 1 aromatic heterocycles. The average Bonchev–Trinajstić information content (AvgIpc) is 3.11. The van der Waals surface area contributed by atoms with Gasteiger partial charge in [-0.25, -0.2) is 0 Å². The van der Waals surface area contributed by atoms with Crippen molar-refractivity contribution in [3.8, 4) is 0 Å². The van der Waals surface area contributed by atoms with Crippen LogP contribution in [0.4, 0.5) is 13.2 Å². The van der Waals surface area contributed by atoms with Crippen LogP contribution in [0.25, 0.3) is 0 Å². The number of amides is 1. The van der Waals surface area contributed by atoms with E-state index in [0.29, 0.717) is 16.5 Å². The predicted octanol–water partition coefficient (Wildman–Crippen LogP) is 3.65. The highest BCUT2D eigenvalue weighted by molar-refractivity contribution is 6.34. The van der Waals surface area contributed by atoms with E-state index in [1.54, 1.807) is 0 Å². The first kappa shape index (κ1) is 16.6. The van der Waals surface area contributed by atoms with Gasteiger partial charge in [-0.2, -0.15) is 18.3 Å². The average molecular weight is 350 g/mol. The van der Waals surface area contributed by atoms with Gasteiger partial charge in [0.1, 0.15) is 5.02 Å². The Labute approximate surface area is 137 Å². The van der Waals surface area contributed by atoms with Crippen molar-refractivity contribution in [3.05, 3.63) is 16.4 Å². The van der Waals surface area contributed by atoms with E-state index in [2.05, 4.69) is 10.4 Å². The van der Waals surface area contributed by atoms with Crippen molar-refractivity contribution < 1.29 is 18.0 Å². The third-order valence-corrected chi connectivity index (χ3v) is 5.62. The first-order valence-corrected chi connectivity index (χ1v) is 8.16. The smallest absolute Gasteiger partial charge is 0.348 e. The second kappa shape index (κ2) is 5.69. The fourth-order valence-corrected chi connectivity index (χ4v) is 4.59. The minimum absolute atomic E-state index is 0.0924. The lowest BCUT2D eigenvalue weighted by Gasteiger charge is -2.28. The van der Waals surface area contributed by atoms with Crippen molar-refractivity contribution in [3.63, 3.8) is 0 Å². The van der Waals surface area contributed by atoms with Crippen LogP contribution in [0.2, 0.25) is 5.02 Å². The van der Waals surface area contributed by atoms with Gasteiger partial charge < -0.3 is 5.32 Å². The highest BCUT2D eigenvalue weighted by Crippen LogP contribution is 2.49. The Hall–Kier alpha value is -1.24. The van der Waals surface area contributed by atoms with E-state index in [9.17, 15) is 18.0 Å². The van der Waals surface area contributed by atoms with Crippen LogP contribution in [0.5, 0.6) is 0 Å². The maximum absolute atomic E-state index is 12.9. The molecule has 0 spiro atoms. The standard InChI is InChI=1S/C15H19ClF3N3O/c1-7(10-6-8-3-4-9(10)5-8)20-14(23)12-11(16)13(15(17,18)19)22(2)21-12/h7-10H,3-6H2,1-2H3,(H,20,23)/t7-,8-,9-,10+/m0/s1. The van der Waals surface area contributed by atoms with E-state index in [1.807, 2.05) is 6.92 Å². The van der Waals surface area contributed by atoms with Crippen molar-refractivity contribution in [2.45, 2.75) is 44.8 Å². The summed E-state index contributed by atoms with van der Waals surface area (Å²) in [7, 11) is 1.13. The summed E-state index contributed by atoms with van der Waals surface area (Å²) in [4.78, 5) is 12.3. The molecule has 0 saturated heterocycles. The second-order valence-electron chi connectivity index (χ2n) is 6.73. The molecule has 1 aromatic rings. The quantitative estimate of drug-likeness (QED) is 0.905. The normalized spacial score (nSPS) is 28.2. The van der Waals surface area contributed by atoms with Crippen LogP contribution < -0.4 is 5.32 Å². The van der Waals surface area contributed by atoms with E-state index in [-0.39, 0.29) is 11.7 Å². The van der Waals surface area contributed by atoms with Crippen molar-refractivity contribution in [1.29, 1.82) is 0 Å². The molecule has 4 nitrogen and oxygen atoms in total. The Morgan fingerprint density at radius 3 is 2.57 bits per heavy atom. The lowest BCUT2D eigenvalue weighted by Crippen LogP contribution is -2.40. The van der Waals surface area contributed by atoms with Crippen molar-refractivity contribution in [2.24, 2.45) is 24.8 Å². The van der Waals surface area contributed by atoms with Gasteiger partial charge in [-0.1, -0.05) is 18.0 Å². The number of carbonyl (C=O) groups is 1. The first-order chi connectivity index (χ1) is 10.7. The maximum Gasteiger partial charge on any atom is 0.434 e. The molecule has 2 aliphatic rings. The van der Waals surface area contributed by atoms with E-state index < -0.39 is 22.8 Å². The molecule has 1 amide bonds. The molecule has 2 saturated carbocycles. The monoisotopic (exact) mass is 349 g/mol. The van der Waals surface area contributed by atoms with Gasteiger partial charge >= 0.3 is 6.18 Å². The lowest BCUT2D eigenvalue weighted by molar-refractivity contribution is -0.143. The Morgan fingerprint density at radius 1 is 1.39 bits per heavy atom. The fraction of sp³-hybridized carbons (Fsp3) is 0.733.